The quantitative estimate of drug-likeness (QED) is 0.733. The van der Waals surface area contributed by atoms with Gasteiger partial charge in [0.2, 0.25) is 0 Å². The van der Waals surface area contributed by atoms with Gasteiger partial charge in [0.1, 0.15) is 5.76 Å². The number of rotatable bonds is 3. The van der Waals surface area contributed by atoms with Crippen LogP contribution in [0.15, 0.2) is 23.0 Å². The highest BCUT2D eigenvalue weighted by Crippen LogP contribution is 2.24. The molecule has 0 aromatic carbocycles. The first kappa shape index (κ1) is 12.8. The predicted molar refractivity (Wildman–Crippen MR) is 65.1 cm³/mol. The number of ether oxygens (including phenoxy) is 1. The van der Waals surface area contributed by atoms with Crippen molar-refractivity contribution in [1.29, 1.82) is 0 Å². The lowest BCUT2D eigenvalue weighted by Gasteiger charge is -2.21. The molecular formula is C13H21NO2. The number of nitrogens with zero attached hydrogens (tertiary/aromatic N) is 1. The Labute approximate surface area is 97.8 Å². The fourth-order valence-corrected chi connectivity index (χ4v) is 1.81. The van der Waals surface area contributed by atoms with Crippen LogP contribution < -0.4 is 0 Å². The third kappa shape index (κ3) is 3.12. The molecule has 1 aliphatic carbocycles. The largest absolute Gasteiger partial charge is 0.414 e. The molecule has 1 aliphatic rings. The molecule has 0 fully saturated rings. The molecule has 0 heterocycles. The van der Waals surface area contributed by atoms with Crippen molar-refractivity contribution in [3.8, 4) is 0 Å². The minimum Gasteiger partial charge on any atom is -0.414 e. The lowest BCUT2D eigenvalue weighted by Crippen LogP contribution is -2.31. The summed E-state index contributed by atoms with van der Waals surface area (Å²) in [5.41, 5.74) is 2.42. The molecule has 0 aromatic rings. The van der Waals surface area contributed by atoms with Gasteiger partial charge in [-0.05, 0) is 39.7 Å². The molecule has 0 aromatic heterocycles. The van der Waals surface area contributed by atoms with E-state index in [-0.39, 0.29) is 6.09 Å². The van der Waals surface area contributed by atoms with Crippen LogP contribution in [0.1, 0.15) is 40.5 Å². The van der Waals surface area contributed by atoms with E-state index in [0.29, 0.717) is 13.1 Å². The summed E-state index contributed by atoms with van der Waals surface area (Å²) in [6, 6.07) is 0. The van der Waals surface area contributed by atoms with Gasteiger partial charge < -0.3 is 9.64 Å². The van der Waals surface area contributed by atoms with Crippen molar-refractivity contribution in [2.75, 3.05) is 13.1 Å². The second-order valence-electron chi connectivity index (χ2n) is 4.14. The smallest absolute Gasteiger partial charge is 0.414 e. The van der Waals surface area contributed by atoms with Gasteiger partial charge in [-0.3, -0.25) is 0 Å². The van der Waals surface area contributed by atoms with Crippen LogP contribution in [0, 0.1) is 0 Å². The highest BCUT2D eigenvalue weighted by Gasteiger charge is 2.16. The maximum Gasteiger partial charge on any atom is 0.414 e. The summed E-state index contributed by atoms with van der Waals surface area (Å²) in [6.45, 7) is 9.39. The number of allylic oxidation sites excluding steroid dienone is 4. The summed E-state index contributed by atoms with van der Waals surface area (Å²) in [7, 11) is 0. The maximum absolute atomic E-state index is 11.7. The number of hydrogen-bond donors (Lipinski definition) is 0. The second-order valence-corrected chi connectivity index (χ2v) is 4.14. The Hall–Kier alpha value is -1.25. The molecule has 0 N–H and O–H groups in total. The van der Waals surface area contributed by atoms with Gasteiger partial charge >= 0.3 is 6.09 Å². The third-order valence-electron chi connectivity index (χ3n) is 2.88. The molecule has 0 saturated carbocycles. The first-order valence-corrected chi connectivity index (χ1v) is 5.92. The van der Waals surface area contributed by atoms with Gasteiger partial charge in [0.05, 0.1) is 0 Å². The van der Waals surface area contributed by atoms with Gasteiger partial charge in [0.15, 0.2) is 0 Å². The van der Waals surface area contributed by atoms with Gasteiger partial charge in [-0.2, -0.15) is 0 Å². The van der Waals surface area contributed by atoms with E-state index >= 15 is 0 Å². The molecule has 1 amide bonds. The van der Waals surface area contributed by atoms with Crippen LogP contribution in [-0.2, 0) is 4.74 Å². The summed E-state index contributed by atoms with van der Waals surface area (Å²) in [4.78, 5) is 13.4. The number of hydrogen-bond acceptors (Lipinski definition) is 2. The Bertz CT molecular complexity index is 325. The fraction of sp³-hybridized carbons (Fsp3) is 0.615. The molecule has 0 aliphatic heterocycles. The van der Waals surface area contributed by atoms with Crippen LogP contribution in [0.2, 0.25) is 0 Å². The van der Waals surface area contributed by atoms with Crippen molar-refractivity contribution < 1.29 is 9.53 Å². The third-order valence-corrected chi connectivity index (χ3v) is 2.88. The SMILES string of the molecule is CCN(CC)C(=O)OC1=C(C)C=C(C)CC1. The van der Waals surface area contributed by atoms with Crippen LogP contribution in [0.4, 0.5) is 4.79 Å². The first-order chi connectivity index (χ1) is 7.58. The minimum atomic E-state index is -0.229. The van der Waals surface area contributed by atoms with Crippen molar-refractivity contribution in [1.82, 2.24) is 4.90 Å². The maximum atomic E-state index is 11.7. The predicted octanol–water partition coefficient (Wildman–Crippen LogP) is 3.48. The summed E-state index contributed by atoms with van der Waals surface area (Å²) in [5, 5.41) is 0. The molecule has 0 radical (unpaired) electrons. The van der Waals surface area contributed by atoms with Crippen LogP contribution in [0.25, 0.3) is 0 Å². The zero-order chi connectivity index (χ0) is 12.1. The monoisotopic (exact) mass is 223 g/mol. The number of carbonyl (C=O) groups is 1. The van der Waals surface area contributed by atoms with E-state index in [1.165, 1.54) is 5.57 Å². The van der Waals surface area contributed by atoms with Crippen molar-refractivity contribution in [2.45, 2.75) is 40.5 Å². The standard InChI is InChI=1S/C13H21NO2/c1-5-14(6-2)13(15)16-12-8-7-10(3)9-11(12)4/h9H,5-8H2,1-4H3. The van der Waals surface area contributed by atoms with E-state index in [9.17, 15) is 4.79 Å². The summed E-state index contributed by atoms with van der Waals surface area (Å²) >= 11 is 0. The lowest BCUT2D eigenvalue weighted by atomic mass is 10.0. The summed E-state index contributed by atoms with van der Waals surface area (Å²) in [5.74, 6) is 0.822. The van der Waals surface area contributed by atoms with Crippen LogP contribution in [0.5, 0.6) is 0 Å². The van der Waals surface area contributed by atoms with Gasteiger partial charge in [-0.15, -0.1) is 0 Å². The van der Waals surface area contributed by atoms with E-state index in [0.717, 1.165) is 24.2 Å². The number of carbonyl (C=O) groups excluding carboxylic acids is 1. The highest BCUT2D eigenvalue weighted by atomic mass is 16.6. The second kappa shape index (κ2) is 5.73. The minimum absolute atomic E-state index is 0.229. The zero-order valence-electron chi connectivity index (χ0n) is 10.7. The topological polar surface area (TPSA) is 29.5 Å². The van der Waals surface area contributed by atoms with E-state index in [4.69, 9.17) is 4.74 Å². The Morgan fingerprint density at radius 1 is 1.31 bits per heavy atom. The van der Waals surface area contributed by atoms with Crippen molar-refractivity contribution in [3.05, 3.63) is 23.0 Å². The fourth-order valence-electron chi connectivity index (χ4n) is 1.81. The van der Waals surface area contributed by atoms with Crippen LogP contribution in [-0.4, -0.2) is 24.1 Å². The molecule has 1 rings (SSSR count). The molecule has 0 saturated heterocycles. The molecule has 0 unspecified atom stereocenters. The van der Waals surface area contributed by atoms with Crippen molar-refractivity contribution >= 4 is 6.09 Å². The molecule has 0 atom stereocenters. The summed E-state index contributed by atoms with van der Waals surface area (Å²) < 4.78 is 5.42. The molecule has 16 heavy (non-hydrogen) atoms. The Morgan fingerprint density at radius 3 is 2.44 bits per heavy atom. The highest BCUT2D eigenvalue weighted by molar-refractivity contribution is 5.69. The normalized spacial score (nSPS) is 15.9. The number of amides is 1. The van der Waals surface area contributed by atoms with E-state index in [2.05, 4.69) is 13.0 Å². The van der Waals surface area contributed by atoms with Gasteiger partial charge in [-0.25, -0.2) is 4.79 Å². The molecule has 3 heteroatoms. The first-order valence-electron chi connectivity index (χ1n) is 5.92. The van der Waals surface area contributed by atoms with Gasteiger partial charge in [0, 0.05) is 19.5 Å². The lowest BCUT2D eigenvalue weighted by molar-refractivity contribution is 0.129. The molecule has 90 valence electrons. The van der Waals surface area contributed by atoms with E-state index in [1.807, 2.05) is 20.8 Å². The van der Waals surface area contributed by atoms with Gasteiger partial charge in [0.25, 0.3) is 0 Å². The Kier molecular flexibility index (Phi) is 4.59. The molecular weight excluding hydrogens is 202 g/mol. The van der Waals surface area contributed by atoms with Gasteiger partial charge in [-0.1, -0.05) is 11.6 Å². The Morgan fingerprint density at radius 2 is 1.94 bits per heavy atom. The molecule has 0 spiro atoms. The molecule has 0 bridgehead atoms. The van der Waals surface area contributed by atoms with Crippen LogP contribution in [0.3, 0.4) is 0 Å². The summed E-state index contributed by atoms with van der Waals surface area (Å²) in [6.07, 6.45) is 3.68. The Balaban J connectivity index is 2.67. The van der Waals surface area contributed by atoms with E-state index < -0.39 is 0 Å². The average Bonchev–Trinajstić information content (AvgIpc) is 2.24. The average molecular weight is 223 g/mol. The van der Waals surface area contributed by atoms with Crippen molar-refractivity contribution in [3.63, 3.8) is 0 Å². The van der Waals surface area contributed by atoms with Crippen molar-refractivity contribution in [2.24, 2.45) is 0 Å². The van der Waals surface area contributed by atoms with Crippen LogP contribution >= 0.6 is 0 Å². The molecule has 3 nitrogen and oxygen atoms in total. The van der Waals surface area contributed by atoms with E-state index in [1.54, 1.807) is 4.90 Å². The zero-order valence-corrected chi connectivity index (χ0v) is 10.7.